The van der Waals surface area contributed by atoms with E-state index < -0.39 is 0 Å². The molecule has 0 radical (unpaired) electrons. The molecule has 1 atom stereocenters. The lowest BCUT2D eigenvalue weighted by Crippen LogP contribution is -2.53. The summed E-state index contributed by atoms with van der Waals surface area (Å²) in [5.41, 5.74) is 1.09. The van der Waals surface area contributed by atoms with Gasteiger partial charge < -0.3 is 10.2 Å². The van der Waals surface area contributed by atoms with E-state index in [1.165, 1.54) is 0 Å². The summed E-state index contributed by atoms with van der Waals surface area (Å²) in [7, 11) is 0. The van der Waals surface area contributed by atoms with Crippen molar-refractivity contribution in [1.82, 2.24) is 5.32 Å². The van der Waals surface area contributed by atoms with Crippen LogP contribution in [0.5, 0.6) is 0 Å². The van der Waals surface area contributed by atoms with Crippen LogP contribution in [-0.2, 0) is 0 Å². The van der Waals surface area contributed by atoms with E-state index in [-0.39, 0.29) is 0 Å². The van der Waals surface area contributed by atoms with Crippen molar-refractivity contribution in [3.63, 3.8) is 0 Å². The van der Waals surface area contributed by atoms with Gasteiger partial charge in [0.25, 0.3) is 0 Å². The fraction of sp³-hybridized carbons (Fsp3) is 0.538. The third kappa shape index (κ3) is 2.87. The third-order valence-corrected chi connectivity index (χ3v) is 3.81. The molecule has 0 bridgehead atoms. The molecule has 1 saturated heterocycles. The molecule has 1 heterocycles. The fourth-order valence-electron chi connectivity index (χ4n) is 2.33. The van der Waals surface area contributed by atoms with Gasteiger partial charge in [-0.05, 0) is 24.1 Å². The topological polar surface area (TPSA) is 15.3 Å². The lowest BCUT2D eigenvalue weighted by atomic mass is 10.00. The lowest BCUT2D eigenvalue weighted by Gasteiger charge is -2.40. The highest BCUT2D eigenvalue weighted by Crippen LogP contribution is 2.31. The number of rotatable bonds is 2. The fourth-order valence-corrected chi connectivity index (χ4v) is 2.85. The SMILES string of the molecule is CC(C)C1CNCCN1c1ccc(Cl)cc1Cl. The van der Waals surface area contributed by atoms with Gasteiger partial charge in [0.05, 0.1) is 10.7 Å². The molecular formula is C13H18Cl2N2. The van der Waals surface area contributed by atoms with Crippen LogP contribution < -0.4 is 10.2 Å². The maximum atomic E-state index is 6.29. The Bertz CT molecular complexity index is 393. The number of halogens is 2. The first-order chi connectivity index (χ1) is 8.09. The van der Waals surface area contributed by atoms with Gasteiger partial charge in [-0.1, -0.05) is 37.0 Å². The second-order valence-electron chi connectivity index (χ2n) is 4.80. The van der Waals surface area contributed by atoms with Crippen LogP contribution >= 0.6 is 23.2 Å². The second kappa shape index (κ2) is 5.47. The number of hydrogen-bond acceptors (Lipinski definition) is 2. The largest absolute Gasteiger partial charge is 0.365 e. The quantitative estimate of drug-likeness (QED) is 0.888. The minimum Gasteiger partial charge on any atom is -0.365 e. The van der Waals surface area contributed by atoms with Crippen molar-refractivity contribution >= 4 is 28.9 Å². The molecule has 0 saturated carbocycles. The van der Waals surface area contributed by atoms with Crippen LogP contribution in [0.4, 0.5) is 5.69 Å². The predicted octanol–water partition coefficient (Wildman–Crippen LogP) is 3.43. The second-order valence-corrected chi connectivity index (χ2v) is 5.65. The van der Waals surface area contributed by atoms with E-state index in [0.29, 0.717) is 17.0 Å². The first-order valence-electron chi connectivity index (χ1n) is 6.02. The number of nitrogens with zero attached hydrogens (tertiary/aromatic N) is 1. The average Bonchev–Trinajstić information content (AvgIpc) is 2.29. The van der Waals surface area contributed by atoms with E-state index in [9.17, 15) is 0 Å². The molecule has 2 nitrogen and oxygen atoms in total. The van der Waals surface area contributed by atoms with Crippen molar-refractivity contribution < 1.29 is 0 Å². The van der Waals surface area contributed by atoms with Crippen LogP contribution in [0, 0.1) is 5.92 Å². The molecule has 1 aliphatic heterocycles. The summed E-state index contributed by atoms with van der Waals surface area (Å²) in [6, 6.07) is 6.23. The average molecular weight is 273 g/mol. The standard InChI is InChI=1S/C13H18Cl2N2/c1-9(2)13-8-16-5-6-17(13)12-4-3-10(14)7-11(12)15/h3-4,7,9,13,16H,5-6,8H2,1-2H3. The van der Waals surface area contributed by atoms with E-state index in [1.807, 2.05) is 18.2 Å². The zero-order valence-corrected chi connectivity index (χ0v) is 11.7. The summed E-state index contributed by atoms with van der Waals surface area (Å²) < 4.78 is 0. The van der Waals surface area contributed by atoms with Gasteiger partial charge in [0, 0.05) is 30.7 Å². The van der Waals surface area contributed by atoms with Gasteiger partial charge in [-0.25, -0.2) is 0 Å². The molecule has 0 aliphatic carbocycles. The van der Waals surface area contributed by atoms with Crippen LogP contribution in [0.3, 0.4) is 0 Å². The summed E-state index contributed by atoms with van der Waals surface area (Å²) in [5.74, 6) is 0.592. The molecule has 94 valence electrons. The summed E-state index contributed by atoms with van der Waals surface area (Å²) >= 11 is 12.2. The Kier molecular flexibility index (Phi) is 4.18. The maximum absolute atomic E-state index is 6.29. The Morgan fingerprint density at radius 3 is 2.76 bits per heavy atom. The van der Waals surface area contributed by atoms with Crippen molar-refractivity contribution in [2.75, 3.05) is 24.5 Å². The summed E-state index contributed by atoms with van der Waals surface area (Å²) in [5, 5.41) is 4.87. The number of anilines is 1. The lowest BCUT2D eigenvalue weighted by molar-refractivity contribution is 0.390. The number of nitrogens with one attached hydrogen (secondary N) is 1. The third-order valence-electron chi connectivity index (χ3n) is 3.27. The molecule has 1 fully saturated rings. The molecule has 1 aromatic carbocycles. The molecule has 0 spiro atoms. The maximum Gasteiger partial charge on any atom is 0.0654 e. The van der Waals surface area contributed by atoms with Gasteiger partial charge in [-0.2, -0.15) is 0 Å². The Balaban J connectivity index is 2.29. The number of hydrogen-bond donors (Lipinski definition) is 1. The molecular weight excluding hydrogens is 255 g/mol. The molecule has 1 aromatic rings. The zero-order chi connectivity index (χ0) is 12.4. The van der Waals surface area contributed by atoms with E-state index in [2.05, 4.69) is 24.1 Å². The van der Waals surface area contributed by atoms with Crippen molar-refractivity contribution in [2.45, 2.75) is 19.9 Å². The zero-order valence-electron chi connectivity index (χ0n) is 10.2. The minimum absolute atomic E-state index is 0.488. The highest BCUT2D eigenvalue weighted by atomic mass is 35.5. The summed E-state index contributed by atoms with van der Waals surface area (Å²) in [6.07, 6.45) is 0. The van der Waals surface area contributed by atoms with Gasteiger partial charge >= 0.3 is 0 Å². The Morgan fingerprint density at radius 1 is 1.35 bits per heavy atom. The monoisotopic (exact) mass is 272 g/mol. The predicted molar refractivity (Wildman–Crippen MR) is 75.3 cm³/mol. The molecule has 0 aromatic heterocycles. The summed E-state index contributed by atoms with van der Waals surface area (Å²) in [6.45, 7) is 7.49. The minimum atomic E-state index is 0.488. The van der Waals surface area contributed by atoms with Crippen LogP contribution in [0.1, 0.15) is 13.8 Å². The van der Waals surface area contributed by atoms with Crippen LogP contribution in [-0.4, -0.2) is 25.7 Å². The van der Waals surface area contributed by atoms with E-state index >= 15 is 0 Å². The normalized spacial score (nSPS) is 21.0. The van der Waals surface area contributed by atoms with E-state index in [4.69, 9.17) is 23.2 Å². The van der Waals surface area contributed by atoms with Gasteiger partial charge in [-0.15, -0.1) is 0 Å². The van der Waals surface area contributed by atoms with Gasteiger partial charge in [-0.3, -0.25) is 0 Å². The highest BCUT2D eigenvalue weighted by Gasteiger charge is 2.26. The molecule has 17 heavy (non-hydrogen) atoms. The Labute approximate surface area is 113 Å². The first-order valence-corrected chi connectivity index (χ1v) is 6.77. The summed E-state index contributed by atoms with van der Waals surface area (Å²) in [4.78, 5) is 2.39. The van der Waals surface area contributed by atoms with Crippen molar-refractivity contribution in [1.29, 1.82) is 0 Å². The van der Waals surface area contributed by atoms with Crippen molar-refractivity contribution in [3.05, 3.63) is 28.2 Å². The van der Waals surface area contributed by atoms with Gasteiger partial charge in [0.1, 0.15) is 0 Å². The first kappa shape index (κ1) is 13.0. The molecule has 1 unspecified atom stereocenters. The molecule has 1 N–H and O–H groups in total. The van der Waals surface area contributed by atoms with Crippen LogP contribution in [0.2, 0.25) is 10.0 Å². The van der Waals surface area contributed by atoms with Gasteiger partial charge in [0.2, 0.25) is 0 Å². The molecule has 4 heteroatoms. The number of piperazine rings is 1. The Morgan fingerprint density at radius 2 is 2.12 bits per heavy atom. The van der Waals surface area contributed by atoms with Crippen molar-refractivity contribution in [3.8, 4) is 0 Å². The van der Waals surface area contributed by atoms with Crippen LogP contribution in [0.15, 0.2) is 18.2 Å². The van der Waals surface area contributed by atoms with Crippen LogP contribution in [0.25, 0.3) is 0 Å². The Hall–Kier alpha value is -0.440. The van der Waals surface area contributed by atoms with Crippen molar-refractivity contribution in [2.24, 2.45) is 5.92 Å². The molecule has 2 rings (SSSR count). The smallest absolute Gasteiger partial charge is 0.0654 e. The molecule has 0 amide bonds. The van der Waals surface area contributed by atoms with E-state index in [1.54, 1.807) is 0 Å². The van der Waals surface area contributed by atoms with Gasteiger partial charge in [0.15, 0.2) is 0 Å². The van der Waals surface area contributed by atoms with E-state index in [0.717, 1.165) is 30.3 Å². The molecule has 1 aliphatic rings. The highest BCUT2D eigenvalue weighted by molar-refractivity contribution is 6.36. The number of benzene rings is 1.